The van der Waals surface area contributed by atoms with Crippen molar-refractivity contribution in [1.82, 2.24) is 0 Å². The number of aromatic hydroxyl groups is 2. The third-order valence-electron chi connectivity index (χ3n) is 2.95. The first-order chi connectivity index (χ1) is 12.6. The van der Waals surface area contributed by atoms with Crippen LogP contribution in [0.1, 0.15) is 15.9 Å². The van der Waals surface area contributed by atoms with Crippen LogP contribution in [-0.4, -0.2) is 37.3 Å². The molecule has 0 heterocycles. The van der Waals surface area contributed by atoms with Crippen molar-refractivity contribution < 1.29 is 34.9 Å². The van der Waals surface area contributed by atoms with Gasteiger partial charge in [-0.1, -0.05) is 12.1 Å². The summed E-state index contributed by atoms with van der Waals surface area (Å²) in [6, 6.07) is 10.4. The van der Waals surface area contributed by atoms with Crippen molar-refractivity contribution in [3.05, 3.63) is 69.3 Å². The summed E-state index contributed by atoms with van der Waals surface area (Å²) in [5.41, 5.74) is -0.590. The molecule has 0 bridgehead atoms. The van der Waals surface area contributed by atoms with Crippen LogP contribution in [0.25, 0.3) is 6.08 Å². The number of rotatable bonds is 4. The second-order valence-corrected chi connectivity index (χ2v) is 4.84. The van der Waals surface area contributed by atoms with Gasteiger partial charge >= 0.3 is 17.6 Å². The molecule has 0 spiro atoms. The Kier molecular flexibility index (Phi) is 7.03. The Balaban J connectivity index is 0.000000271. The number of aliphatic carboxylic acids is 1. The van der Waals surface area contributed by atoms with Crippen LogP contribution in [0.2, 0.25) is 0 Å². The standard InChI is InChI=1S/C10H7NO3.C7H5NO5/c11-6-8(10(13)14)4-7-2-1-3-9(12)5-7;9-6-3-4(7(10)11)1-2-5(6)8(12)13/h1-5,12H,(H,13,14);1-3,9H,(H,10,11)/b8-4+;. The number of carbonyl (C=O) groups is 2. The molecule has 0 unspecified atom stereocenters. The van der Waals surface area contributed by atoms with E-state index < -0.39 is 28.3 Å². The first-order valence-electron chi connectivity index (χ1n) is 7.00. The molecule has 10 nitrogen and oxygen atoms in total. The average molecular weight is 372 g/mol. The van der Waals surface area contributed by atoms with Crippen LogP contribution in [0.15, 0.2) is 48.0 Å². The number of aromatic carboxylic acids is 1. The van der Waals surface area contributed by atoms with Gasteiger partial charge in [-0.25, -0.2) is 9.59 Å². The van der Waals surface area contributed by atoms with Crippen molar-refractivity contribution >= 4 is 23.7 Å². The summed E-state index contributed by atoms with van der Waals surface area (Å²) >= 11 is 0. The predicted octanol–water partition coefficient (Wildman–Crippen LogP) is 2.38. The van der Waals surface area contributed by atoms with Crippen molar-refractivity contribution in [2.45, 2.75) is 0 Å². The van der Waals surface area contributed by atoms with Crippen molar-refractivity contribution in [2.75, 3.05) is 0 Å². The topological polar surface area (TPSA) is 182 Å². The maximum atomic E-state index is 10.5. The minimum absolute atomic E-state index is 0.0291. The van der Waals surface area contributed by atoms with Crippen molar-refractivity contribution in [1.29, 1.82) is 5.26 Å². The van der Waals surface area contributed by atoms with Crippen LogP contribution < -0.4 is 0 Å². The van der Waals surface area contributed by atoms with Crippen molar-refractivity contribution in [3.8, 4) is 17.6 Å². The fraction of sp³-hybridized carbons (Fsp3) is 0. The zero-order chi connectivity index (χ0) is 20.6. The Morgan fingerprint density at radius 2 is 1.78 bits per heavy atom. The highest BCUT2D eigenvalue weighted by atomic mass is 16.6. The Labute approximate surface area is 151 Å². The molecule has 0 aliphatic heterocycles. The molecule has 2 rings (SSSR count). The van der Waals surface area contributed by atoms with Gasteiger partial charge in [-0.2, -0.15) is 5.26 Å². The first-order valence-corrected chi connectivity index (χ1v) is 7.00. The largest absolute Gasteiger partial charge is 0.508 e. The molecule has 2 aromatic rings. The summed E-state index contributed by atoms with van der Waals surface area (Å²) in [6.07, 6.45) is 1.20. The quantitative estimate of drug-likeness (QED) is 0.271. The molecule has 10 heteroatoms. The molecule has 0 radical (unpaired) electrons. The molecule has 0 aliphatic carbocycles. The van der Waals surface area contributed by atoms with E-state index >= 15 is 0 Å². The number of phenols is 2. The number of hydrogen-bond acceptors (Lipinski definition) is 7. The number of hydrogen-bond donors (Lipinski definition) is 4. The second-order valence-electron chi connectivity index (χ2n) is 4.84. The summed E-state index contributed by atoms with van der Waals surface area (Å²) in [4.78, 5) is 30.2. The number of phenolic OH excluding ortho intramolecular Hbond substituents is 2. The van der Waals surface area contributed by atoms with Gasteiger partial charge in [0.1, 0.15) is 17.4 Å². The minimum Gasteiger partial charge on any atom is -0.508 e. The maximum Gasteiger partial charge on any atom is 0.346 e. The predicted molar refractivity (Wildman–Crippen MR) is 91.1 cm³/mol. The lowest BCUT2D eigenvalue weighted by Gasteiger charge is -1.96. The van der Waals surface area contributed by atoms with Gasteiger partial charge < -0.3 is 20.4 Å². The third kappa shape index (κ3) is 6.20. The summed E-state index contributed by atoms with van der Waals surface area (Å²) < 4.78 is 0. The van der Waals surface area contributed by atoms with Gasteiger partial charge in [-0.15, -0.1) is 0 Å². The monoisotopic (exact) mass is 372 g/mol. The summed E-state index contributed by atoms with van der Waals surface area (Å²) in [6.45, 7) is 0. The molecule has 0 fully saturated rings. The normalized spacial score (nSPS) is 10.1. The lowest BCUT2D eigenvalue weighted by atomic mass is 10.1. The van der Waals surface area contributed by atoms with Crippen LogP contribution in [0.4, 0.5) is 5.69 Å². The molecule has 4 N–H and O–H groups in total. The van der Waals surface area contributed by atoms with Crippen LogP contribution in [0, 0.1) is 21.4 Å². The van der Waals surface area contributed by atoms with Gasteiger partial charge in [0.2, 0.25) is 0 Å². The maximum absolute atomic E-state index is 10.5. The van der Waals surface area contributed by atoms with E-state index in [9.17, 15) is 19.7 Å². The van der Waals surface area contributed by atoms with E-state index in [1.165, 1.54) is 18.2 Å². The van der Waals surface area contributed by atoms with Gasteiger partial charge in [0.15, 0.2) is 5.75 Å². The zero-order valence-corrected chi connectivity index (χ0v) is 13.4. The molecule has 2 aromatic carbocycles. The molecule has 138 valence electrons. The lowest BCUT2D eigenvalue weighted by molar-refractivity contribution is -0.385. The average Bonchev–Trinajstić information content (AvgIpc) is 2.59. The van der Waals surface area contributed by atoms with Gasteiger partial charge in [-0.05, 0) is 29.8 Å². The summed E-state index contributed by atoms with van der Waals surface area (Å²) in [5.74, 6) is -3.15. The second kappa shape index (κ2) is 9.19. The SMILES string of the molecule is N#C/C(=C\c1cccc(O)c1)C(=O)O.O=C(O)c1ccc([N+](=O)[O-])c(O)c1. The molecule has 0 atom stereocenters. The fourth-order valence-corrected chi connectivity index (χ4v) is 1.73. The minimum atomic E-state index is -1.28. The Hall–Kier alpha value is -4.39. The molecule has 0 aromatic heterocycles. The lowest BCUT2D eigenvalue weighted by Crippen LogP contribution is -1.97. The molecular weight excluding hydrogens is 360 g/mol. The third-order valence-corrected chi connectivity index (χ3v) is 2.95. The van der Waals surface area contributed by atoms with Crippen LogP contribution in [0.5, 0.6) is 11.5 Å². The van der Waals surface area contributed by atoms with E-state index in [0.29, 0.717) is 5.56 Å². The number of carboxylic acid groups (broad SMARTS) is 2. The molecule has 0 saturated heterocycles. The van der Waals surface area contributed by atoms with Gasteiger partial charge in [0, 0.05) is 12.1 Å². The fourth-order valence-electron chi connectivity index (χ4n) is 1.73. The number of nitro groups is 1. The highest BCUT2D eigenvalue weighted by Crippen LogP contribution is 2.25. The Morgan fingerprint density at radius 1 is 1.11 bits per heavy atom. The first kappa shape index (κ1) is 20.7. The van der Waals surface area contributed by atoms with Crippen LogP contribution in [0.3, 0.4) is 0 Å². The highest BCUT2D eigenvalue weighted by molar-refractivity contribution is 5.96. The molecular formula is C17H12N2O8. The van der Waals surface area contributed by atoms with Crippen molar-refractivity contribution in [3.63, 3.8) is 0 Å². The van der Waals surface area contributed by atoms with Gasteiger partial charge in [0.05, 0.1) is 10.5 Å². The van der Waals surface area contributed by atoms with Gasteiger partial charge in [0.25, 0.3) is 0 Å². The number of nitrogens with zero attached hydrogens (tertiary/aromatic N) is 2. The molecule has 0 saturated carbocycles. The van der Waals surface area contributed by atoms with E-state index in [1.54, 1.807) is 18.2 Å². The van der Waals surface area contributed by atoms with E-state index in [-0.39, 0.29) is 16.9 Å². The number of benzene rings is 2. The summed E-state index contributed by atoms with van der Waals surface area (Å²) in [7, 11) is 0. The van der Waals surface area contributed by atoms with E-state index in [2.05, 4.69) is 0 Å². The number of carboxylic acids is 2. The van der Waals surface area contributed by atoms with Gasteiger partial charge in [-0.3, -0.25) is 10.1 Å². The van der Waals surface area contributed by atoms with Crippen LogP contribution >= 0.6 is 0 Å². The molecule has 0 aliphatic rings. The number of nitro benzene ring substituents is 1. The number of nitriles is 1. The van der Waals surface area contributed by atoms with Crippen LogP contribution in [-0.2, 0) is 4.79 Å². The van der Waals surface area contributed by atoms with E-state index in [4.69, 9.17) is 25.7 Å². The zero-order valence-electron chi connectivity index (χ0n) is 13.4. The molecule has 27 heavy (non-hydrogen) atoms. The smallest absolute Gasteiger partial charge is 0.346 e. The Bertz CT molecular complexity index is 960. The molecule has 0 amide bonds. The highest BCUT2D eigenvalue weighted by Gasteiger charge is 2.15. The van der Waals surface area contributed by atoms with E-state index in [0.717, 1.165) is 18.2 Å². The Morgan fingerprint density at radius 3 is 2.22 bits per heavy atom. The van der Waals surface area contributed by atoms with E-state index in [1.807, 2.05) is 0 Å². The van der Waals surface area contributed by atoms with Crippen molar-refractivity contribution in [2.24, 2.45) is 0 Å². The summed E-state index contributed by atoms with van der Waals surface area (Å²) in [5, 5.41) is 53.8.